The summed E-state index contributed by atoms with van der Waals surface area (Å²) in [6.07, 6.45) is 0. The monoisotopic (exact) mass is 401 g/mol. The first-order valence-electron chi connectivity index (χ1n) is 7.07. The van der Waals surface area contributed by atoms with Crippen molar-refractivity contribution in [2.75, 3.05) is 36.8 Å². The van der Waals surface area contributed by atoms with Crippen molar-refractivity contribution in [3.8, 4) is 0 Å². The van der Waals surface area contributed by atoms with Crippen LogP contribution in [-0.2, 0) is 9.59 Å². The number of nitrogens with two attached hydrogens (primary N) is 1. The van der Waals surface area contributed by atoms with E-state index in [2.05, 4.69) is 21.2 Å². The zero-order valence-electron chi connectivity index (χ0n) is 12.3. The number of halogens is 2. The number of carbonyl (C=O) groups is 2. The summed E-state index contributed by atoms with van der Waals surface area (Å²) in [5.74, 6) is -2.03. The molecule has 0 saturated carbocycles. The summed E-state index contributed by atoms with van der Waals surface area (Å²) in [6.45, 7) is 1.07. The molecule has 1 atom stereocenters. The molecule has 0 aliphatic carbocycles. The molecular formula is C13H13BrFN5O4. The van der Waals surface area contributed by atoms with Crippen molar-refractivity contribution >= 4 is 44.8 Å². The van der Waals surface area contributed by atoms with Crippen molar-refractivity contribution < 1.29 is 18.9 Å². The third-order valence-corrected chi connectivity index (χ3v) is 4.96. The van der Waals surface area contributed by atoms with E-state index in [1.54, 1.807) is 4.90 Å². The third-order valence-electron chi connectivity index (χ3n) is 4.16. The number of amides is 2. The average Bonchev–Trinajstić information content (AvgIpc) is 2.54. The van der Waals surface area contributed by atoms with Crippen molar-refractivity contribution in [3.05, 3.63) is 26.5 Å². The van der Waals surface area contributed by atoms with Crippen LogP contribution < -0.4 is 16.0 Å². The molecule has 1 aromatic carbocycles. The molecule has 24 heavy (non-hydrogen) atoms. The number of carbonyl (C=O) groups excluding carboxylic acids is 2. The van der Waals surface area contributed by atoms with Gasteiger partial charge in [-0.1, -0.05) is 0 Å². The molecule has 0 bridgehead atoms. The Labute approximate surface area is 143 Å². The maximum Gasteiger partial charge on any atom is 0.312 e. The zero-order chi connectivity index (χ0) is 17.6. The van der Waals surface area contributed by atoms with Gasteiger partial charge in [0.25, 0.3) is 5.69 Å². The highest BCUT2D eigenvalue weighted by Crippen LogP contribution is 2.40. The van der Waals surface area contributed by atoms with Crippen LogP contribution in [0.5, 0.6) is 0 Å². The quantitative estimate of drug-likeness (QED) is 0.316. The van der Waals surface area contributed by atoms with Crippen LogP contribution >= 0.6 is 15.9 Å². The van der Waals surface area contributed by atoms with Gasteiger partial charge in [-0.05, 0) is 15.9 Å². The molecule has 2 aliphatic rings. The zero-order valence-corrected chi connectivity index (χ0v) is 13.9. The molecule has 1 aromatic rings. The molecule has 11 heteroatoms. The van der Waals surface area contributed by atoms with Gasteiger partial charge in [0.15, 0.2) is 5.82 Å². The average molecular weight is 402 g/mol. The predicted molar refractivity (Wildman–Crippen MR) is 85.9 cm³/mol. The van der Waals surface area contributed by atoms with Crippen LogP contribution in [0.2, 0.25) is 0 Å². The Hall–Kier alpha value is -2.43. The fraction of sp³-hybridized carbons (Fsp3) is 0.385. The largest absolute Gasteiger partial charge is 0.392 e. The van der Waals surface area contributed by atoms with Crippen molar-refractivity contribution in [2.24, 2.45) is 0 Å². The number of hydrogen-bond acceptors (Lipinski definition) is 6. The van der Waals surface area contributed by atoms with Crippen LogP contribution in [0.15, 0.2) is 10.5 Å². The minimum atomic E-state index is -0.776. The highest BCUT2D eigenvalue weighted by atomic mass is 79.9. The summed E-state index contributed by atoms with van der Waals surface area (Å²) < 4.78 is 14.5. The molecule has 3 rings (SSSR count). The summed E-state index contributed by atoms with van der Waals surface area (Å²) >= 11 is 3.13. The minimum absolute atomic E-state index is 0.105. The summed E-state index contributed by atoms with van der Waals surface area (Å²) in [7, 11) is 0. The fourth-order valence-corrected chi connectivity index (χ4v) is 3.61. The number of anilines is 2. The van der Waals surface area contributed by atoms with Gasteiger partial charge in [-0.15, -0.1) is 0 Å². The Balaban J connectivity index is 1.91. The first kappa shape index (κ1) is 16.4. The Morgan fingerprint density at radius 3 is 2.79 bits per heavy atom. The van der Waals surface area contributed by atoms with Gasteiger partial charge in [0.1, 0.15) is 5.69 Å². The van der Waals surface area contributed by atoms with E-state index in [0.717, 1.165) is 6.07 Å². The Kier molecular flexibility index (Phi) is 4.03. The van der Waals surface area contributed by atoms with Gasteiger partial charge in [0.2, 0.25) is 0 Å². The Morgan fingerprint density at radius 1 is 1.42 bits per heavy atom. The van der Waals surface area contributed by atoms with Gasteiger partial charge in [0.05, 0.1) is 27.2 Å². The van der Waals surface area contributed by atoms with Gasteiger partial charge in [-0.25, -0.2) is 4.39 Å². The van der Waals surface area contributed by atoms with Gasteiger partial charge >= 0.3 is 11.8 Å². The molecule has 3 N–H and O–H groups in total. The highest BCUT2D eigenvalue weighted by molar-refractivity contribution is 9.10. The molecule has 0 radical (unpaired) electrons. The number of fused-ring (bicyclic) bond motifs is 1. The fourth-order valence-electron chi connectivity index (χ4n) is 2.97. The van der Waals surface area contributed by atoms with Gasteiger partial charge in [-0.3, -0.25) is 19.7 Å². The van der Waals surface area contributed by atoms with Crippen LogP contribution in [0.3, 0.4) is 0 Å². The number of hydrogen-bond donors (Lipinski definition) is 2. The number of nitro benzene ring substituents is 1. The molecule has 2 fully saturated rings. The number of nitro groups is 1. The van der Waals surface area contributed by atoms with E-state index in [0.29, 0.717) is 0 Å². The number of benzene rings is 1. The maximum absolute atomic E-state index is 14.4. The highest BCUT2D eigenvalue weighted by Gasteiger charge is 2.39. The molecule has 2 heterocycles. The SMILES string of the molecule is Nc1c([N+](=O)[O-])cc(F)c(N2CCN3C(=O)C(=O)NCC3C2)c1Br. The van der Waals surface area contributed by atoms with Crippen LogP contribution in [0.1, 0.15) is 0 Å². The first-order valence-corrected chi connectivity index (χ1v) is 7.86. The smallest absolute Gasteiger partial charge is 0.312 e. The lowest BCUT2D eigenvalue weighted by Crippen LogP contribution is -2.65. The summed E-state index contributed by atoms with van der Waals surface area (Å²) in [6, 6.07) is 0.488. The lowest BCUT2D eigenvalue weighted by molar-refractivity contribution is -0.384. The standard InChI is InChI=1S/C13H13BrFN5O4/c14-9-10(16)8(20(23)24)3-7(15)11(9)18-1-2-19-6(5-18)4-17-12(21)13(19)22/h3,6H,1-2,4-5,16H2,(H,17,21). The van der Waals surface area contributed by atoms with Crippen molar-refractivity contribution in [2.45, 2.75) is 6.04 Å². The van der Waals surface area contributed by atoms with Crippen LogP contribution in [0.4, 0.5) is 21.5 Å². The van der Waals surface area contributed by atoms with Crippen molar-refractivity contribution in [1.29, 1.82) is 0 Å². The molecule has 0 aromatic heterocycles. The minimum Gasteiger partial charge on any atom is -0.392 e. The summed E-state index contributed by atoms with van der Waals surface area (Å²) in [5, 5.41) is 13.4. The Bertz CT molecular complexity index is 758. The number of nitrogens with zero attached hydrogens (tertiary/aromatic N) is 3. The molecule has 1 unspecified atom stereocenters. The summed E-state index contributed by atoms with van der Waals surface area (Å²) in [5.41, 5.74) is 5.17. The molecule has 2 amide bonds. The number of rotatable bonds is 2. The summed E-state index contributed by atoms with van der Waals surface area (Å²) in [4.78, 5) is 36.5. The molecule has 9 nitrogen and oxygen atoms in total. The van der Waals surface area contributed by atoms with Crippen LogP contribution in [0.25, 0.3) is 0 Å². The van der Waals surface area contributed by atoms with E-state index >= 15 is 0 Å². The van der Waals surface area contributed by atoms with Crippen molar-refractivity contribution in [1.82, 2.24) is 10.2 Å². The third kappa shape index (κ3) is 2.54. The normalized spacial score (nSPS) is 20.7. The van der Waals surface area contributed by atoms with Gasteiger partial charge in [0, 0.05) is 26.2 Å². The molecule has 2 saturated heterocycles. The van der Waals surface area contributed by atoms with Crippen LogP contribution in [0, 0.1) is 15.9 Å². The second-order valence-corrected chi connectivity index (χ2v) is 6.31. The lowest BCUT2D eigenvalue weighted by atomic mass is 10.1. The van der Waals surface area contributed by atoms with Crippen LogP contribution in [-0.4, -0.2) is 53.9 Å². The van der Waals surface area contributed by atoms with E-state index in [1.165, 1.54) is 4.90 Å². The van der Waals surface area contributed by atoms with E-state index in [9.17, 15) is 24.1 Å². The van der Waals surface area contributed by atoms with E-state index in [1.807, 2.05) is 0 Å². The molecule has 0 spiro atoms. The second-order valence-electron chi connectivity index (χ2n) is 5.52. The van der Waals surface area contributed by atoms with Gasteiger partial charge < -0.3 is 20.9 Å². The number of nitrogens with one attached hydrogen (secondary N) is 1. The molecule has 128 valence electrons. The first-order chi connectivity index (χ1) is 11.3. The topological polar surface area (TPSA) is 122 Å². The number of piperazine rings is 2. The second kappa shape index (κ2) is 5.89. The van der Waals surface area contributed by atoms with E-state index in [-0.39, 0.29) is 48.1 Å². The van der Waals surface area contributed by atoms with E-state index in [4.69, 9.17) is 5.73 Å². The number of nitrogen functional groups attached to an aromatic ring is 1. The molecule has 2 aliphatic heterocycles. The van der Waals surface area contributed by atoms with Crippen molar-refractivity contribution in [3.63, 3.8) is 0 Å². The maximum atomic E-state index is 14.4. The predicted octanol–water partition coefficient (Wildman–Crippen LogP) is 0.226. The molecular weight excluding hydrogens is 389 g/mol. The van der Waals surface area contributed by atoms with Gasteiger partial charge in [-0.2, -0.15) is 0 Å². The lowest BCUT2D eigenvalue weighted by Gasteiger charge is -2.44. The Morgan fingerprint density at radius 2 is 2.12 bits per heavy atom. The van der Waals surface area contributed by atoms with E-state index < -0.39 is 28.2 Å².